The minimum atomic E-state index is -2.85. The molecule has 30 heavy (non-hydrogen) atoms. The molecule has 2 atom stereocenters. The fourth-order valence-corrected chi connectivity index (χ4v) is 5.31. The zero-order chi connectivity index (χ0) is 21.9. The van der Waals surface area contributed by atoms with Crippen molar-refractivity contribution in [3.05, 3.63) is 59.3 Å². The summed E-state index contributed by atoms with van der Waals surface area (Å²) in [5.41, 5.74) is -1.38. The van der Waals surface area contributed by atoms with Crippen LogP contribution in [0.1, 0.15) is 35.2 Å². The van der Waals surface area contributed by atoms with Crippen LogP contribution in [-0.2, 0) is 24.9 Å². The maximum absolute atomic E-state index is 14.4. The van der Waals surface area contributed by atoms with Gasteiger partial charge >= 0.3 is 5.91 Å². The highest BCUT2D eigenvalue weighted by molar-refractivity contribution is 7.93. The Morgan fingerprint density at radius 3 is 2.57 bits per heavy atom. The van der Waals surface area contributed by atoms with Crippen LogP contribution in [0.2, 0.25) is 0 Å². The third-order valence-electron chi connectivity index (χ3n) is 5.26. The van der Waals surface area contributed by atoms with Gasteiger partial charge in [0.25, 0.3) is 5.91 Å². The van der Waals surface area contributed by atoms with Crippen LogP contribution in [0.15, 0.2) is 45.2 Å². The molecule has 1 fully saturated rings. The largest absolute Gasteiger partial charge is 0.456 e. The van der Waals surface area contributed by atoms with Crippen molar-refractivity contribution in [1.82, 2.24) is 4.90 Å². The molecule has 1 saturated heterocycles. The third-order valence-corrected chi connectivity index (χ3v) is 7.51. The Morgan fingerprint density at radius 1 is 1.20 bits per heavy atom. The molecule has 0 spiro atoms. The molecule has 2 unspecified atom stereocenters. The first-order valence-electron chi connectivity index (χ1n) is 9.61. The van der Waals surface area contributed by atoms with E-state index in [1.807, 2.05) is 0 Å². The lowest BCUT2D eigenvalue weighted by Crippen LogP contribution is -2.47. The van der Waals surface area contributed by atoms with Crippen molar-refractivity contribution in [2.75, 3.05) is 31.7 Å². The molecule has 1 aliphatic heterocycles. The topological polar surface area (TPSA) is 89.2 Å². The van der Waals surface area contributed by atoms with Crippen molar-refractivity contribution in [3.63, 3.8) is 0 Å². The molecule has 3 rings (SSSR count). The number of methoxy groups -OCH3 is 1. The quantitative estimate of drug-likeness (QED) is 0.735. The van der Waals surface area contributed by atoms with Crippen LogP contribution < -0.4 is 0 Å². The van der Waals surface area contributed by atoms with E-state index in [2.05, 4.69) is 4.36 Å². The Labute approximate surface area is 175 Å². The molecule has 1 aromatic carbocycles. The van der Waals surface area contributed by atoms with E-state index in [1.165, 1.54) is 37.1 Å². The number of benzene rings is 1. The Hall–Kier alpha value is -2.52. The molecular weight excluding hydrogens is 411 g/mol. The second-order valence-electron chi connectivity index (χ2n) is 7.35. The molecule has 9 heteroatoms. The van der Waals surface area contributed by atoms with Gasteiger partial charge in [0.2, 0.25) is 0 Å². The van der Waals surface area contributed by atoms with Gasteiger partial charge in [-0.15, -0.1) is 0 Å². The summed E-state index contributed by atoms with van der Waals surface area (Å²) < 4.78 is 42.1. The summed E-state index contributed by atoms with van der Waals surface area (Å²) in [5.74, 6) is -0.796. The van der Waals surface area contributed by atoms with Crippen molar-refractivity contribution in [2.45, 2.75) is 25.9 Å². The SMILES string of the molecule is COC(C)(C(=O)N1CCCS(=O)(=NC(=O)c2ccc(C)o2)CC1)c1ccccc1F. The molecule has 2 aromatic rings. The Kier molecular flexibility index (Phi) is 6.42. The normalized spacial score (nSPS) is 21.5. The Balaban J connectivity index is 1.81. The van der Waals surface area contributed by atoms with E-state index in [1.54, 1.807) is 25.1 Å². The Bertz CT molecular complexity index is 1070. The number of halogens is 1. The summed E-state index contributed by atoms with van der Waals surface area (Å²) in [7, 11) is -1.50. The highest BCUT2D eigenvalue weighted by Gasteiger charge is 2.41. The van der Waals surface area contributed by atoms with E-state index in [9.17, 15) is 18.2 Å². The standard InChI is InChI=1S/C21H25FN2O5S/c1-15-9-10-18(29-15)19(25)23-30(27)13-6-11-24(12-14-30)20(26)21(2,28-3)16-7-4-5-8-17(16)22/h4-5,7-10H,6,11-14H2,1-3H3. The van der Waals surface area contributed by atoms with Gasteiger partial charge in [-0.05, 0) is 38.5 Å². The minimum Gasteiger partial charge on any atom is -0.456 e. The number of amides is 2. The average molecular weight is 437 g/mol. The van der Waals surface area contributed by atoms with Gasteiger partial charge in [-0.1, -0.05) is 18.2 Å². The molecule has 1 aromatic heterocycles. The zero-order valence-electron chi connectivity index (χ0n) is 17.2. The summed E-state index contributed by atoms with van der Waals surface area (Å²) in [6.07, 6.45) is 0.398. The zero-order valence-corrected chi connectivity index (χ0v) is 18.0. The number of rotatable bonds is 4. The van der Waals surface area contributed by atoms with Gasteiger partial charge in [0.05, 0.1) is 9.73 Å². The van der Waals surface area contributed by atoms with Crippen molar-refractivity contribution >= 4 is 21.5 Å². The summed E-state index contributed by atoms with van der Waals surface area (Å²) in [6, 6.07) is 9.10. The highest BCUT2D eigenvalue weighted by Crippen LogP contribution is 2.30. The summed E-state index contributed by atoms with van der Waals surface area (Å²) in [4.78, 5) is 27.0. The van der Waals surface area contributed by atoms with Gasteiger partial charge in [-0.3, -0.25) is 9.59 Å². The average Bonchev–Trinajstić information content (AvgIpc) is 3.07. The number of carbonyl (C=O) groups excluding carboxylic acids is 2. The van der Waals surface area contributed by atoms with E-state index < -0.39 is 33.0 Å². The summed E-state index contributed by atoms with van der Waals surface area (Å²) >= 11 is 0. The lowest BCUT2D eigenvalue weighted by molar-refractivity contribution is -0.154. The van der Waals surface area contributed by atoms with Gasteiger partial charge in [0.1, 0.15) is 11.6 Å². The number of nitrogens with zero attached hydrogens (tertiary/aromatic N) is 2. The van der Waals surface area contributed by atoms with Crippen molar-refractivity contribution in [2.24, 2.45) is 4.36 Å². The second kappa shape index (κ2) is 8.69. The molecule has 0 N–H and O–H groups in total. The maximum atomic E-state index is 14.4. The third kappa shape index (κ3) is 4.46. The lowest BCUT2D eigenvalue weighted by Gasteiger charge is -2.33. The fraction of sp³-hybridized carbons (Fsp3) is 0.429. The van der Waals surface area contributed by atoms with E-state index in [-0.39, 0.29) is 29.4 Å². The maximum Gasteiger partial charge on any atom is 0.320 e. The minimum absolute atomic E-state index is 0.0407. The van der Waals surface area contributed by atoms with Crippen molar-refractivity contribution < 1.29 is 27.3 Å². The number of hydrogen-bond acceptors (Lipinski definition) is 5. The molecule has 1 aliphatic rings. The van der Waals surface area contributed by atoms with Gasteiger partial charge in [0, 0.05) is 37.3 Å². The predicted octanol–water partition coefficient (Wildman–Crippen LogP) is 3.13. The van der Waals surface area contributed by atoms with Crippen LogP contribution in [0, 0.1) is 12.7 Å². The van der Waals surface area contributed by atoms with Crippen LogP contribution in [0.3, 0.4) is 0 Å². The van der Waals surface area contributed by atoms with Crippen LogP contribution >= 0.6 is 0 Å². The molecule has 0 aliphatic carbocycles. The van der Waals surface area contributed by atoms with Crippen LogP contribution in [0.25, 0.3) is 0 Å². The molecule has 0 bridgehead atoms. The number of ether oxygens (including phenoxy) is 1. The highest BCUT2D eigenvalue weighted by atomic mass is 32.2. The van der Waals surface area contributed by atoms with Gasteiger partial charge in [0.15, 0.2) is 11.4 Å². The van der Waals surface area contributed by atoms with E-state index in [0.717, 1.165) is 0 Å². The number of furan rings is 1. The molecule has 7 nitrogen and oxygen atoms in total. The number of carbonyl (C=O) groups is 2. The Morgan fingerprint density at radius 2 is 1.93 bits per heavy atom. The molecule has 2 amide bonds. The molecule has 0 saturated carbocycles. The summed E-state index contributed by atoms with van der Waals surface area (Å²) in [6.45, 7) is 3.66. The van der Waals surface area contributed by atoms with Crippen LogP contribution in [0.4, 0.5) is 4.39 Å². The smallest absolute Gasteiger partial charge is 0.320 e. The van der Waals surface area contributed by atoms with Gasteiger partial charge < -0.3 is 14.1 Å². The lowest BCUT2D eigenvalue weighted by atomic mass is 9.93. The van der Waals surface area contributed by atoms with Crippen molar-refractivity contribution in [1.29, 1.82) is 0 Å². The molecule has 2 heterocycles. The predicted molar refractivity (Wildman–Crippen MR) is 110 cm³/mol. The number of hydrogen-bond donors (Lipinski definition) is 0. The molecular formula is C21H25FN2O5S. The van der Waals surface area contributed by atoms with Crippen LogP contribution in [-0.4, -0.2) is 52.6 Å². The monoisotopic (exact) mass is 436 g/mol. The van der Waals surface area contributed by atoms with E-state index >= 15 is 0 Å². The summed E-state index contributed by atoms with van der Waals surface area (Å²) in [5, 5.41) is 0. The second-order valence-corrected chi connectivity index (χ2v) is 9.89. The first kappa shape index (κ1) is 22.2. The molecule has 0 radical (unpaired) electrons. The van der Waals surface area contributed by atoms with Crippen LogP contribution in [0.5, 0.6) is 0 Å². The first-order valence-corrected chi connectivity index (χ1v) is 11.5. The van der Waals surface area contributed by atoms with Gasteiger partial charge in [-0.25, -0.2) is 8.60 Å². The van der Waals surface area contributed by atoms with Gasteiger partial charge in [-0.2, -0.15) is 4.36 Å². The van der Waals surface area contributed by atoms with E-state index in [0.29, 0.717) is 18.7 Å². The van der Waals surface area contributed by atoms with Crippen molar-refractivity contribution in [3.8, 4) is 0 Å². The number of aryl methyl sites for hydroxylation is 1. The fourth-order valence-electron chi connectivity index (χ4n) is 3.45. The first-order chi connectivity index (χ1) is 14.2. The molecule has 162 valence electrons. The van der Waals surface area contributed by atoms with E-state index in [4.69, 9.17) is 9.15 Å².